The van der Waals surface area contributed by atoms with Gasteiger partial charge >= 0.3 is 6.98 Å². The number of methoxy groups -OCH3 is 1. The predicted octanol–water partition coefficient (Wildman–Crippen LogP) is 2.31. The van der Waals surface area contributed by atoms with Crippen LogP contribution in [0.1, 0.15) is 6.42 Å². The van der Waals surface area contributed by atoms with E-state index in [-0.39, 0.29) is 6.61 Å². The van der Waals surface area contributed by atoms with Gasteiger partial charge in [0.1, 0.15) is 5.82 Å². The number of rotatable bonds is 9. The van der Waals surface area contributed by atoms with Crippen molar-refractivity contribution in [3.63, 3.8) is 0 Å². The lowest BCUT2D eigenvalue weighted by molar-refractivity contribution is 0.0644. The van der Waals surface area contributed by atoms with Crippen LogP contribution in [0, 0.1) is 5.82 Å². The maximum Gasteiger partial charge on any atom is 0.513 e. The van der Waals surface area contributed by atoms with Crippen LogP contribution in [-0.2, 0) is 9.47 Å². The Morgan fingerprint density at radius 1 is 1.05 bits per heavy atom. The second-order valence-corrected chi connectivity index (χ2v) is 4.06. The minimum atomic E-state index is -5.23. The molecule has 0 radical (unpaired) electrons. The number of hydrogen-bond donors (Lipinski definition) is 0. The summed E-state index contributed by atoms with van der Waals surface area (Å²) >= 11 is 0. The highest BCUT2D eigenvalue weighted by molar-refractivity contribution is 6.74. The van der Waals surface area contributed by atoms with Gasteiger partial charge in [-0.1, -0.05) is 11.5 Å². The number of benzene rings is 1. The summed E-state index contributed by atoms with van der Waals surface area (Å²) in [5, 5.41) is 0. The smallest absolute Gasteiger partial charge is 0.496 e. The molecule has 0 unspecified atom stereocenters. The quantitative estimate of drug-likeness (QED) is 0.397. The summed E-state index contributed by atoms with van der Waals surface area (Å²) in [5.41, 5.74) is -0.924. The van der Waals surface area contributed by atoms with E-state index in [0.29, 0.717) is 32.3 Å². The molecule has 0 bridgehead atoms. The SMILES string of the molecule is COCCOCCCOc1cc(F)ccc1[B-](F)(F)F. The maximum atomic E-state index is 13.0. The summed E-state index contributed by atoms with van der Waals surface area (Å²) in [6.07, 6.45) is 0.407. The fraction of sp³-hybridized carbons (Fsp3) is 0.500. The van der Waals surface area contributed by atoms with Crippen molar-refractivity contribution in [3.8, 4) is 5.75 Å². The van der Waals surface area contributed by atoms with Crippen LogP contribution in [0.3, 0.4) is 0 Å². The molecular weight excluding hydrogens is 279 g/mol. The van der Waals surface area contributed by atoms with Gasteiger partial charge in [0.2, 0.25) is 0 Å². The zero-order valence-electron chi connectivity index (χ0n) is 11.1. The molecule has 0 aliphatic rings. The monoisotopic (exact) mass is 295 g/mol. The van der Waals surface area contributed by atoms with E-state index in [2.05, 4.69) is 0 Å². The van der Waals surface area contributed by atoms with Crippen LogP contribution in [0.5, 0.6) is 5.75 Å². The third-order valence-electron chi connectivity index (χ3n) is 2.45. The highest BCUT2D eigenvalue weighted by Gasteiger charge is 2.29. The minimum Gasteiger partial charge on any atom is -0.496 e. The summed E-state index contributed by atoms with van der Waals surface area (Å²) in [6, 6.07) is 2.21. The number of hydrogen-bond acceptors (Lipinski definition) is 3. The Bertz CT molecular complexity index is 412. The van der Waals surface area contributed by atoms with Gasteiger partial charge in [0, 0.05) is 26.2 Å². The molecule has 0 saturated heterocycles. The molecule has 1 rings (SSSR count). The Labute approximate surface area is 114 Å². The lowest BCUT2D eigenvalue weighted by Crippen LogP contribution is -2.35. The first-order valence-corrected chi connectivity index (χ1v) is 6.14. The summed E-state index contributed by atoms with van der Waals surface area (Å²) in [6.45, 7) is -4.00. The highest BCUT2D eigenvalue weighted by atomic mass is 19.4. The Hall–Kier alpha value is -1.28. The van der Waals surface area contributed by atoms with Crippen molar-refractivity contribution in [2.24, 2.45) is 0 Å². The molecule has 0 heterocycles. The topological polar surface area (TPSA) is 27.7 Å². The van der Waals surface area contributed by atoms with Crippen LogP contribution in [-0.4, -0.2) is 40.5 Å². The van der Waals surface area contributed by atoms with Crippen molar-refractivity contribution < 1.29 is 31.5 Å². The molecule has 1 aromatic carbocycles. The third kappa shape index (κ3) is 5.79. The largest absolute Gasteiger partial charge is 0.513 e. The van der Waals surface area contributed by atoms with E-state index in [0.717, 1.165) is 12.1 Å². The average molecular weight is 295 g/mol. The standard InChI is InChI=1S/C12H16BF4O3/c1-18-7-8-19-5-2-6-20-12-9-10(14)3-4-11(12)13(15,16)17/h3-4,9H,2,5-8H2,1H3/q-1. The lowest BCUT2D eigenvalue weighted by Gasteiger charge is -2.19. The van der Waals surface area contributed by atoms with Gasteiger partial charge in [-0.3, -0.25) is 0 Å². The molecule has 8 heteroatoms. The van der Waals surface area contributed by atoms with Crippen LogP contribution in [0.2, 0.25) is 0 Å². The predicted molar refractivity (Wildman–Crippen MR) is 67.9 cm³/mol. The van der Waals surface area contributed by atoms with Crippen molar-refractivity contribution in [3.05, 3.63) is 24.0 Å². The van der Waals surface area contributed by atoms with E-state index in [1.54, 1.807) is 0 Å². The lowest BCUT2D eigenvalue weighted by atomic mass is 9.79. The van der Waals surface area contributed by atoms with Crippen molar-refractivity contribution in [2.75, 3.05) is 33.5 Å². The molecule has 0 atom stereocenters. The number of ether oxygens (including phenoxy) is 3. The Morgan fingerprint density at radius 2 is 1.80 bits per heavy atom. The van der Waals surface area contributed by atoms with Crippen LogP contribution < -0.4 is 10.2 Å². The van der Waals surface area contributed by atoms with Gasteiger partial charge in [-0.05, 0) is 6.07 Å². The molecule has 0 aromatic heterocycles. The first-order valence-electron chi connectivity index (χ1n) is 6.14. The zero-order valence-corrected chi connectivity index (χ0v) is 11.1. The molecule has 1 aromatic rings. The fourth-order valence-electron chi connectivity index (χ4n) is 1.49. The van der Waals surface area contributed by atoms with Crippen molar-refractivity contribution in [1.82, 2.24) is 0 Å². The van der Waals surface area contributed by atoms with Crippen LogP contribution >= 0.6 is 0 Å². The molecule has 0 amide bonds. The molecule has 0 aliphatic heterocycles. The maximum absolute atomic E-state index is 13.0. The summed E-state index contributed by atoms with van der Waals surface area (Å²) < 4.78 is 66.0. The molecule has 0 spiro atoms. The van der Waals surface area contributed by atoms with Gasteiger partial charge < -0.3 is 27.2 Å². The Kier molecular flexibility index (Phi) is 6.80. The van der Waals surface area contributed by atoms with E-state index in [1.165, 1.54) is 7.11 Å². The van der Waals surface area contributed by atoms with Crippen LogP contribution in [0.25, 0.3) is 0 Å². The Morgan fingerprint density at radius 3 is 2.45 bits per heavy atom. The first-order chi connectivity index (χ1) is 9.45. The second-order valence-electron chi connectivity index (χ2n) is 4.06. The van der Waals surface area contributed by atoms with Gasteiger partial charge in [0.05, 0.1) is 25.6 Å². The normalized spacial score (nSPS) is 11.7. The van der Waals surface area contributed by atoms with Crippen molar-refractivity contribution >= 4 is 12.4 Å². The molecule has 0 aliphatic carbocycles. The zero-order chi connectivity index (χ0) is 15.0. The van der Waals surface area contributed by atoms with Gasteiger partial charge in [-0.25, -0.2) is 4.39 Å². The Balaban J connectivity index is 2.45. The van der Waals surface area contributed by atoms with Gasteiger partial charge in [0.15, 0.2) is 0 Å². The highest BCUT2D eigenvalue weighted by Crippen LogP contribution is 2.19. The van der Waals surface area contributed by atoms with E-state index >= 15 is 0 Å². The first kappa shape index (κ1) is 16.8. The van der Waals surface area contributed by atoms with Gasteiger partial charge in [-0.15, -0.1) is 0 Å². The van der Waals surface area contributed by atoms with Crippen LogP contribution in [0.4, 0.5) is 17.3 Å². The molecule has 3 nitrogen and oxygen atoms in total. The molecule has 114 valence electrons. The molecule has 0 fully saturated rings. The number of halogens is 4. The van der Waals surface area contributed by atoms with Crippen molar-refractivity contribution in [1.29, 1.82) is 0 Å². The molecular formula is C12H16BF4O3-. The molecule has 20 heavy (non-hydrogen) atoms. The van der Waals surface area contributed by atoms with Gasteiger partial charge in [-0.2, -0.15) is 0 Å². The van der Waals surface area contributed by atoms with Crippen LogP contribution in [0.15, 0.2) is 18.2 Å². The van der Waals surface area contributed by atoms with E-state index < -0.39 is 24.0 Å². The summed E-state index contributed by atoms with van der Waals surface area (Å²) in [5.74, 6) is -1.24. The average Bonchev–Trinajstić information content (AvgIpc) is 2.36. The third-order valence-corrected chi connectivity index (χ3v) is 2.45. The van der Waals surface area contributed by atoms with E-state index in [9.17, 15) is 17.3 Å². The summed E-state index contributed by atoms with van der Waals surface area (Å²) in [4.78, 5) is 0. The molecule has 0 saturated carbocycles. The van der Waals surface area contributed by atoms with Crippen molar-refractivity contribution in [2.45, 2.75) is 6.42 Å². The van der Waals surface area contributed by atoms with E-state index in [1.807, 2.05) is 0 Å². The minimum absolute atomic E-state index is 0.0234. The fourth-order valence-corrected chi connectivity index (χ4v) is 1.49. The van der Waals surface area contributed by atoms with E-state index in [4.69, 9.17) is 14.2 Å². The molecule has 0 N–H and O–H groups in total. The van der Waals surface area contributed by atoms with Gasteiger partial charge in [0.25, 0.3) is 0 Å². The summed E-state index contributed by atoms with van der Waals surface area (Å²) in [7, 11) is 1.54. The second kappa shape index (κ2) is 8.11.